The molecule has 216 valence electrons. The minimum absolute atomic E-state index is 0.220. The van der Waals surface area contributed by atoms with Crippen LogP contribution in [0.1, 0.15) is 37.3 Å². The molecule has 0 amide bonds. The molecule has 0 spiro atoms. The number of piperazine rings is 1. The maximum Gasteiger partial charge on any atom is 0.230 e. The number of anilines is 3. The van der Waals surface area contributed by atoms with Crippen LogP contribution in [0.2, 0.25) is 0 Å². The molecule has 3 N–H and O–H groups in total. The molecule has 3 aromatic heterocycles. The van der Waals surface area contributed by atoms with E-state index in [9.17, 15) is 4.39 Å². The van der Waals surface area contributed by atoms with Crippen molar-refractivity contribution in [2.24, 2.45) is 0 Å². The Bertz CT molecular complexity index is 1730. The van der Waals surface area contributed by atoms with Gasteiger partial charge in [0.05, 0.1) is 16.3 Å². The van der Waals surface area contributed by atoms with E-state index in [-0.39, 0.29) is 5.95 Å². The largest absolute Gasteiger partial charge is 0.383 e. The van der Waals surface area contributed by atoms with E-state index in [4.69, 9.17) is 5.73 Å². The third-order valence-corrected chi connectivity index (χ3v) is 9.01. The summed E-state index contributed by atoms with van der Waals surface area (Å²) in [6.45, 7) is 6.56. The summed E-state index contributed by atoms with van der Waals surface area (Å²) in [4.78, 5) is 22.6. The molecule has 2 aromatic carbocycles. The molecule has 9 nitrogen and oxygen atoms in total. The van der Waals surface area contributed by atoms with Crippen LogP contribution in [0.4, 0.5) is 21.8 Å². The van der Waals surface area contributed by atoms with Crippen molar-refractivity contribution in [1.82, 2.24) is 34.3 Å². The molecule has 0 unspecified atom stereocenters. The van der Waals surface area contributed by atoms with Crippen molar-refractivity contribution in [2.75, 3.05) is 44.3 Å². The second-order valence-electron chi connectivity index (χ2n) is 11.8. The number of nitrogens with zero attached hydrogens (tertiary/aromatic N) is 7. The van der Waals surface area contributed by atoms with E-state index in [2.05, 4.69) is 52.9 Å². The summed E-state index contributed by atoms with van der Waals surface area (Å²) in [5.41, 5.74) is 11.6. The molecule has 1 saturated heterocycles. The summed E-state index contributed by atoms with van der Waals surface area (Å²) in [6, 6.07) is 14.5. The number of aryl methyl sites for hydroxylation is 1. The number of nitrogen functional groups attached to an aromatic ring is 1. The van der Waals surface area contributed by atoms with Gasteiger partial charge in [0.25, 0.3) is 0 Å². The molecule has 0 bridgehead atoms. The average molecular weight is 566 g/mol. The van der Waals surface area contributed by atoms with E-state index < -0.39 is 5.95 Å². The highest BCUT2D eigenvalue weighted by atomic mass is 19.1. The van der Waals surface area contributed by atoms with Gasteiger partial charge in [0, 0.05) is 55.7 Å². The number of hydrogen-bond acceptors (Lipinski definition) is 8. The number of halogens is 1. The van der Waals surface area contributed by atoms with Gasteiger partial charge in [-0.15, -0.1) is 0 Å². The molecule has 7 rings (SSSR count). The lowest BCUT2D eigenvalue weighted by Crippen LogP contribution is -2.49. The van der Waals surface area contributed by atoms with Crippen molar-refractivity contribution in [3.8, 4) is 11.1 Å². The highest BCUT2D eigenvalue weighted by molar-refractivity contribution is 6.00. The fourth-order valence-corrected chi connectivity index (χ4v) is 6.62. The van der Waals surface area contributed by atoms with Crippen molar-refractivity contribution >= 4 is 39.4 Å². The molecule has 2 fully saturated rings. The molecule has 0 radical (unpaired) electrons. The van der Waals surface area contributed by atoms with Crippen molar-refractivity contribution in [2.45, 2.75) is 44.7 Å². The minimum atomic E-state index is -0.538. The lowest BCUT2D eigenvalue weighted by Gasteiger charge is -2.41. The fraction of sp³-hybridized carbons (Fsp3) is 0.375. The van der Waals surface area contributed by atoms with E-state index in [1.165, 1.54) is 25.9 Å². The molecule has 5 aromatic rings. The quantitative estimate of drug-likeness (QED) is 0.268. The van der Waals surface area contributed by atoms with Gasteiger partial charge in [0.15, 0.2) is 0 Å². The summed E-state index contributed by atoms with van der Waals surface area (Å²) in [7, 11) is 2.21. The van der Waals surface area contributed by atoms with Gasteiger partial charge in [-0.3, -0.25) is 4.90 Å². The van der Waals surface area contributed by atoms with Gasteiger partial charge in [-0.2, -0.15) is 9.37 Å². The van der Waals surface area contributed by atoms with Gasteiger partial charge in [-0.05, 0) is 69.5 Å². The fourth-order valence-electron chi connectivity index (χ4n) is 6.62. The standard InChI is InChI=1S/C32H36FN9/c1-20-3-12-27-25(17-20)29(33)39-32(38-27)37-22-6-4-21(5-7-22)26-18-42(31-28(26)30(34)35-19-36-31)24-10-8-23(9-11-24)41-15-13-40(2)14-16-41/h3-7,12,17-19,23-24H,8-11,13-16H2,1-2H3,(H2,34,35,36)(H,37,38,39)/t23-,24+. The topological polar surface area (TPSA) is 101 Å². The summed E-state index contributed by atoms with van der Waals surface area (Å²) in [6.07, 6.45) is 8.39. The average Bonchev–Trinajstić information content (AvgIpc) is 3.40. The minimum Gasteiger partial charge on any atom is -0.383 e. The Hall–Kier alpha value is -4.15. The summed E-state index contributed by atoms with van der Waals surface area (Å²) >= 11 is 0. The number of aromatic nitrogens is 5. The number of fused-ring (bicyclic) bond motifs is 2. The van der Waals surface area contributed by atoms with E-state index in [1.807, 2.05) is 43.3 Å². The molecule has 0 atom stereocenters. The zero-order valence-electron chi connectivity index (χ0n) is 24.1. The molecular formula is C32H36FN9. The van der Waals surface area contributed by atoms with Crippen molar-refractivity contribution in [3.05, 3.63) is 66.5 Å². The van der Waals surface area contributed by atoms with Crippen LogP contribution in [-0.2, 0) is 0 Å². The Morgan fingerprint density at radius 2 is 1.64 bits per heavy atom. The molecule has 10 heteroatoms. The van der Waals surface area contributed by atoms with Gasteiger partial charge in [0.1, 0.15) is 17.8 Å². The first kappa shape index (κ1) is 26.7. The van der Waals surface area contributed by atoms with Crippen LogP contribution in [0.25, 0.3) is 33.1 Å². The van der Waals surface area contributed by atoms with Gasteiger partial charge in [0.2, 0.25) is 11.9 Å². The normalized spacial score (nSPS) is 20.4. The molecule has 1 aliphatic heterocycles. The van der Waals surface area contributed by atoms with Crippen LogP contribution in [0, 0.1) is 12.9 Å². The predicted octanol–water partition coefficient (Wildman–Crippen LogP) is 5.55. The van der Waals surface area contributed by atoms with E-state index in [1.54, 1.807) is 12.4 Å². The smallest absolute Gasteiger partial charge is 0.230 e. The zero-order valence-corrected chi connectivity index (χ0v) is 24.1. The summed E-state index contributed by atoms with van der Waals surface area (Å²) < 4.78 is 17.0. The van der Waals surface area contributed by atoms with Gasteiger partial charge >= 0.3 is 0 Å². The Morgan fingerprint density at radius 1 is 0.905 bits per heavy atom. The first-order valence-electron chi connectivity index (χ1n) is 14.8. The zero-order chi connectivity index (χ0) is 28.8. The van der Waals surface area contributed by atoms with Crippen molar-refractivity contribution in [1.29, 1.82) is 0 Å². The molecule has 42 heavy (non-hydrogen) atoms. The molecule has 2 aliphatic rings. The number of likely N-dealkylation sites (N-methyl/N-ethyl adjacent to an activating group) is 1. The van der Waals surface area contributed by atoms with Crippen LogP contribution in [0.15, 0.2) is 55.0 Å². The number of hydrogen-bond donors (Lipinski definition) is 2. The second kappa shape index (κ2) is 10.9. The highest BCUT2D eigenvalue weighted by Gasteiger charge is 2.30. The lowest BCUT2D eigenvalue weighted by atomic mass is 9.89. The first-order valence-corrected chi connectivity index (χ1v) is 14.8. The predicted molar refractivity (Wildman–Crippen MR) is 165 cm³/mol. The molecular weight excluding hydrogens is 529 g/mol. The summed E-state index contributed by atoms with van der Waals surface area (Å²) in [5, 5.41) is 4.45. The third kappa shape index (κ3) is 5.05. The van der Waals surface area contributed by atoms with Crippen LogP contribution in [0.3, 0.4) is 0 Å². The highest BCUT2D eigenvalue weighted by Crippen LogP contribution is 2.39. The Morgan fingerprint density at radius 3 is 2.40 bits per heavy atom. The Balaban J connectivity index is 1.12. The van der Waals surface area contributed by atoms with E-state index in [0.29, 0.717) is 28.8 Å². The third-order valence-electron chi connectivity index (χ3n) is 9.01. The summed E-state index contributed by atoms with van der Waals surface area (Å²) in [5.74, 6) is 0.166. The van der Waals surface area contributed by atoms with Gasteiger partial charge < -0.3 is 20.5 Å². The maximum absolute atomic E-state index is 14.7. The van der Waals surface area contributed by atoms with Gasteiger partial charge in [-0.1, -0.05) is 23.8 Å². The number of rotatable bonds is 5. The van der Waals surface area contributed by atoms with E-state index >= 15 is 0 Å². The second-order valence-corrected chi connectivity index (χ2v) is 11.8. The number of nitrogens with one attached hydrogen (secondary N) is 1. The van der Waals surface area contributed by atoms with Crippen molar-refractivity contribution in [3.63, 3.8) is 0 Å². The Kier molecular flexibility index (Phi) is 6.95. The SMILES string of the molecule is Cc1ccc2nc(Nc3ccc(-c4cn([C@H]5CC[C@@H](N6CCN(C)CC6)CC5)c5ncnc(N)c45)cc3)nc(F)c2c1. The van der Waals surface area contributed by atoms with Crippen LogP contribution < -0.4 is 11.1 Å². The maximum atomic E-state index is 14.7. The first-order chi connectivity index (χ1) is 20.4. The van der Waals surface area contributed by atoms with Gasteiger partial charge in [-0.25, -0.2) is 15.0 Å². The monoisotopic (exact) mass is 565 g/mol. The molecule has 1 aliphatic carbocycles. The Labute approximate surface area is 244 Å². The molecule has 1 saturated carbocycles. The lowest BCUT2D eigenvalue weighted by molar-refractivity contribution is 0.0828. The van der Waals surface area contributed by atoms with Crippen molar-refractivity contribution < 1.29 is 4.39 Å². The molecule has 4 heterocycles. The van der Waals surface area contributed by atoms with E-state index in [0.717, 1.165) is 59.3 Å². The van der Waals surface area contributed by atoms with Crippen LogP contribution >= 0.6 is 0 Å². The van der Waals surface area contributed by atoms with Crippen LogP contribution in [0.5, 0.6) is 0 Å². The number of benzene rings is 2. The van der Waals surface area contributed by atoms with Crippen LogP contribution in [-0.4, -0.2) is 73.6 Å². The number of nitrogens with two attached hydrogens (primary N) is 1.